The van der Waals surface area contributed by atoms with Crippen molar-refractivity contribution in [2.75, 3.05) is 6.54 Å². The summed E-state index contributed by atoms with van der Waals surface area (Å²) in [6.45, 7) is 2.13. The van der Waals surface area contributed by atoms with E-state index in [1.807, 2.05) is 0 Å². The molecule has 5 heteroatoms. The van der Waals surface area contributed by atoms with Gasteiger partial charge in [0, 0.05) is 6.54 Å². The molecule has 110 valence electrons. The second kappa shape index (κ2) is 5.11. The summed E-state index contributed by atoms with van der Waals surface area (Å²) in [6.07, 6.45) is 4.97. The fourth-order valence-electron chi connectivity index (χ4n) is 3.84. The van der Waals surface area contributed by atoms with Gasteiger partial charge in [-0.05, 0) is 67.7 Å². The maximum Gasteiger partial charge on any atom is 0.240 e. The number of sulfonamides is 1. The first kappa shape index (κ1) is 14.0. The van der Waals surface area contributed by atoms with E-state index in [2.05, 4.69) is 4.72 Å². The minimum atomic E-state index is -3.53. The van der Waals surface area contributed by atoms with Gasteiger partial charge in [-0.2, -0.15) is 0 Å². The van der Waals surface area contributed by atoms with Gasteiger partial charge in [-0.25, -0.2) is 17.5 Å². The lowest BCUT2D eigenvalue weighted by Gasteiger charge is -2.22. The predicted molar refractivity (Wildman–Crippen MR) is 75.3 cm³/mol. The lowest BCUT2D eigenvalue weighted by atomic mass is 9.89. The van der Waals surface area contributed by atoms with Crippen molar-refractivity contribution in [3.63, 3.8) is 0 Å². The maximum absolute atomic E-state index is 13.1. The van der Waals surface area contributed by atoms with E-state index in [4.69, 9.17) is 0 Å². The third kappa shape index (κ3) is 2.61. The molecule has 0 spiro atoms. The van der Waals surface area contributed by atoms with Gasteiger partial charge < -0.3 is 0 Å². The normalized spacial score (nSPS) is 29.0. The van der Waals surface area contributed by atoms with Crippen molar-refractivity contribution in [2.45, 2.75) is 37.5 Å². The van der Waals surface area contributed by atoms with Crippen LogP contribution in [0.4, 0.5) is 4.39 Å². The molecule has 2 aliphatic rings. The van der Waals surface area contributed by atoms with Crippen LogP contribution in [0.15, 0.2) is 23.1 Å². The SMILES string of the molecule is Cc1cc(F)ccc1S(=O)(=O)NC[C@@H]1C[C@H]2CC[C@@H]1C2. The molecule has 3 rings (SSSR count). The molecule has 0 aliphatic heterocycles. The topological polar surface area (TPSA) is 46.2 Å². The molecule has 0 unspecified atom stereocenters. The van der Waals surface area contributed by atoms with Crippen LogP contribution in [0.25, 0.3) is 0 Å². The van der Waals surface area contributed by atoms with E-state index in [9.17, 15) is 12.8 Å². The lowest BCUT2D eigenvalue weighted by molar-refractivity contribution is 0.333. The molecular formula is C15H20FNO2S. The molecule has 0 heterocycles. The Bertz CT molecular complexity index is 614. The minimum Gasteiger partial charge on any atom is -0.211 e. The molecule has 3 atom stereocenters. The van der Waals surface area contributed by atoms with E-state index in [-0.39, 0.29) is 4.90 Å². The molecule has 0 aromatic heterocycles. The predicted octanol–water partition coefficient (Wildman–Crippen LogP) is 2.85. The van der Waals surface area contributed by atoms with E-state index < -0.39 is 15.8 Å². The molecule has 1 aromatic carbocycles. The highest BCUT2D eigenvalue weighted by Gasteiger charge is 2.39. The van der Waals surface area contributed by atoms with Gasteiger partial charge in [-0.3, -0.25) is 0 Å². The fourth-order valence-corrected chi connectivity index (χ4v) is 5.15. The summed E-state index contributed by atoms with van der Waals surface area (Å²) in [7, 11) is -3.53. The van der Waals surface area contributed by atoms with Crippen LogP contribution in [0.1, 0.15) is 31.2 Å². The summed E-state index contributed by atoms with van der Waals surface area (Å²) < 4.78 is 40.4. The van der Waals surface area contributed by atoms with Crippen molar-refractivity contribution < 1.29 is 12.8 Å². The van der Waals surface area contributed by atoms with Gasteiger partial charge in [-0.1, -0.05) is 6.42 Å². The first-order valence-electron chi connectivity index (χ1n) is 7.21. The number of halogens is 1. The Morgan fingerprint density at radius 1 is 1.30 bits per heavy atom. The van der Waals surface area contributed by atoms with Crippen LogP contribution in [0.5, 0.6) is 0 Å². The van der Waals surface area contributed by atoms with Crippen molar-refractivity contribution in [3.05, 3.63) is 29.6 Å². The van der Waals surface area contributed by atoms with Crippen molar-refractivity contribution in [2.24, 2.45) is 17.8 Å². The third-order valence-electron chi connectivity index (χ3n) is 4.85. The lowest BCUT2D eigenvalue weighted by Crippen LogP contribution is -2.32. The van der Waals surface area contributed by atoms with Crippen LogP contribution < -0.4 is 4.72 Å². The van der Waals surface area contributed by atoms with Gasteiger partial charge >= 0.3 is 0 Å². The van der Waals surface area contributed by atoms with Crippen molar-refractivity contribution in [1.29, 1.82) is 0 Å². The van der Waals surface area contributed by atoms with Gasteiger partial charge in [0.2, 0.25) is 10.0 Å². The van der Waals surface area contributed by atoms with E-state index in [1.54, 1.807) is 6.92 Å². The number of benzene rings is 1. The average molecular weight is 297 g/mol. The molecule has 3 nitrogen and oxygen atoms in total. The fraction of sp³-hybridized carbons (Fsp3) is 0.600. The number of rotatable bonds is 4. The van der Waals surface area contributed by atoms with Crippen molar-refractivity contribution in [1.82, 2.24) is 4.72 Å². The Morgan fingerprint density at radius 3 is 2.70 bits per heavy atom. The van der Waals surface area contributed by atoms with Gasteiger partial charge in [0.1, 0.15) is 5.82 Å². The van der Waals surface area contributed by atoms with E-state index in [1.165, 1.54) is 37.5 Å². The van der Waals surface area contributed by atoms with Gasteiger partial charge in [0.25, 0.3) is 0 Å². The maximum atomic E-state index is 13.1. The molecule has 2 saturated carbocycles. The highest BCUT2D eigenvalue weighted by atomic mass is 32.2. The van der Waals surface area contributed by atoms with Crippen LogP contribution in [0.2, 0.25) is 0 Å². The Kier molecular flexibility index (Phi) is 3.58. The van der Waals surface area contributed by atoms with Crippen molar-refractivity contribution in [3.8, 4) is 0 Å². The first-order chi connectivity index (χ1) is 9.45. The van der Waals surface area contributed by atoms with Crippen LogP contribution in [-0.2, 0) is 10.0 Å². The molecule has 0 saturated heterocycles. The zero-order valence-electron chi connectivity index (χ0n) is 11.6. The third-order valence-corrected chi connectivity index (χ3v) is 6.43. The van der Waals surface area contributed by atoms with Crippen LogP contribution in [0.3, 0.4) is 0 Å². The number of hydrogen-bond acceptors (Lipinski definition) is 2. The van der Waals surface area contributed by atoms with Crippen molar-refractivity contribution >= 4 is 10.0 Å². The van der Waals surface area contributed by atoms with Crippen LogP contribution >= 0.6 is 0 Å². The van der Waals surface area contributed by atoms with E-state index in [0.717, 1.165) is 12.3 Å². The molecule has 1 N–H and O–H groups in total. The summed E-state index contributed by atoms with van der Waals surface area (Å²) in [5.41, 5.74) is 0.449. The number of fused-ring (bicyclic) bond motifs is 2. The Morgan fingerprint density at radius 2 is 2.10 bits per heavy atom. The number of hydrogen-bond donors (Lipinski definition) is 1. The Hall–Kier alpha value is -0.940. The molecular weight excluding hydrogens is 277 g/mol. The minimum absolute atomic E-state index is 0.182. The smallest absolute Gasteiger partial charge is 0.211 e. The zero-order valence-corrected chi connectivity index (χ0v) is 12.4. The Balaban J connectivity index is 1.69. The first-order valence-corrected chi connectivity index (χ1v) is 8.70. The monoisotopic (exact) mass is 297 g/mol. The quantitative estimate of drug-likeness (QED) is 0.929. The van der Waals surface area contributed by atoms with Gasteiger partial charge in [-0.15, -0.1) is 0 Å². The van der Waals surface area contributed by atoms with E-state index in [0.29, 0.717) is 23.9 Å². The molecule has 0 radical (unpaired) electrons. The molecule has 0 amide bonds. The Labute approximate surface area is 119 Å². The highest BCUT2D eigenvalue weighted by Crippen LogP contribution is 2.48. The highest BCUT2D eigenvalue weighted by molar-refractivity contribution is 7.89. The average Bonchev–Trinajstić information content (AvgIpc) is 2.98. The summed E-state index contributed by atoms with van der Waals surface area (Å²) in [6, 6.07) is 3.79. The van der Waals surface area contributed by atoms with Crippen LogP contribution in [-0.4, -0.2) is 15.0 Å². The van der Waals surface area contributed by atoms with Gasteiger partial charge in [0.05, 0.1) is 4.90 Å². The summed E-state index contributed by atoms with van der Waals surface area (Å²) in [5, 5.41) is 0. The number of aryl methyl sites for hydroxylation is 1. The zero-order chi connectivity index (χ0) is 14.3. The summed E-state index contributed by atoms with van der Waals surface area (Å²) in [4.78, 5) is 0.182. The summed E-state index contributed by atoms with van der Waals surface area (Å²) >= 11 is 0. The second-order valence-corrected chi connectivity index (χ2v) is 7.93. The molecule has 2 aliphatic carbocycles. The summed E-state index contributed by atoms with van der Waals surface area (Å²) in [5.74, 6) is 1.57. The standard InChI is InChI=1S/C15H20FNO2S/c1-10-6-14(16)4-5-15(10)20(18,19)17-9-13-8-11-2-3-12(13)7-11/h4-6,11-13,17H,2-3,7-9H2,1H3/t11-,12+,13-/m0/s1. The number of nitrogens with one attached hydrogen (secondary N) is 1. The largest absolute Gasteiger partial charge is 0.240 e. The molecule has 2 fully saturated rings. The van der Waals surface area contributed by atoms with E-state index >= 15 is 0 Å². The molecule has 20 heavy (non-hydrogen) atoms. The molecule has 2 bridgehead atoms. The van der Waals surface area contributed by atoms with Gasteiger partial charge in [0.15, 0.2) is 0 Å². The molecule has 1 aromatic rings. The second-order valence-electron chi connectivity index (χ2n) is 6.20. The van der Waals surface area contributed by atoms with Crippen LogP contribution in [0, 0.1) is 30.5 Å².